The van der Waals surface area contributed by atoms with Gasteiger partial charge in [0, 0.05) is 7.05 Å². The number of amides is 2. The molecule has 10 heteroatoms. The number of hydrogen-bond acceptors (Lipinski definition) is 8. The van der Waals surface area contributed by atoms with Crippen molar-refractivity contribution in [3.8, 4) is 5.75 Å². The van der Waals surface area contributed by atoms with E-state index in [1.807, 2.05) is 19.1 Å². The van der Waals surface area contributed by atoms with E-state index in [9.17, 15) is 19.2 Å². The van der Waals surface area contributed by atoms with Gasteiger partial charge in [0.15, 0.2) is 6.61 Å². The van der Waals surface area contributed by atoms with Gasteiger partial charge in [-0.2, -0.15) is 0 Å². The van der Waals surface area contributed by atoms with Gasteiger partial charge < -0.3 is 24.8 Å². The summed E-state index contributed by atoms with van der Waals surface area (Å²) in [5, 5.41) is 5.17. The molecular weight excluding hydrogens is 436 g/mol. The van der Waals surface area contributed by atoms with Crippen molar-refractivity contribution >= 4 is 40.1 Å². The molecule has 0 unspecified atom stereocenters. The lowest BCUT2D eigenvalue weighted by Crippen LogP contribution is -2.22. The summed E-state index contributed by atoms with van der Waals surface area (Å²) in [5.41, 5.74) is 1.59. The van der Waals surface area contributed by atoms with Gasteiger partial charge in [-0.25, -0.2) is 4.79 Å². The molecule has 32 heavy (non-hydrogen) atoms. The van der Waals surface area contributed by atoms with E-state index in [1.165, 1.54) is 7.05 Å². The fraction of sp³-hybridized carbons (Fsp3) is 0.364. The van der Waals surface area contributed by atoms with Crippen molar-refractivity contribution in [1.82, 2.24) is 5.32 Å². The molecule has 0 atom stereocenters. The first-order valence-electron chi connectivity index (χ1n) is 9.94. The molecule has 0 spiro atoms. The van der Waals surface area contributed by atoms with E-state index >= 15 is 0 Å². The SMILES string of the molecule is CCOC(=O)c1c(NC(=O)COC(=O)CCOc2ccc(C)cc2)sc(C(=O)NC)c1C. The third-order valence-corrected chi connectivity index (χ3v) is 5.48. The Kier molecular flexibility index (Phi) is 9.21. The first-order valence-corrected chi connectivity index (χ1v) is 10.8. The molecule has 0 aliphatic heterocycles. The molecule has 2 amide bonds. The fourth-order valence-electron chi connectivity index (χ4n) is 2.65. The Bertz CT molecular complexity index is 983. The Morgan fingerprint density at radius 1 is 1.03 bits per heavy atom. The molecule has 172 valence electrons. The lowest BCUT2D eigenvalue weighted by atomic mass is 10.1. The van der Waals surface area contributed by atoms with Crippen LogP contribution in [0.25, 0.3) is 0 Å². The highest BCUT2D eigenvalue weighted by Gasteiger charge is 2.26. The molecule has 0 radical (unpaired) electrons. The standard InChI is InChI=1S/C22H26N2O7S/c1-5-29-22(28)18-14(3)19(20(27)23-4)32-21(18)24-16(25)12-31-17(26)10-11-30-15-8-6-13(2)7-9-15/h6-9H,5,10-12H2,1-4H3,(H,23,27)(H,24,25). The fourth-order valence-corrected chi connectivity index (χ4v) is 3.81. The summed E-state index contributed by atoms with van der Waals surface area (Å²) in [4.78, 5) is 48.8. The number of nitrogens with one attached hydrogen (secondary N) is 2. The number of aryl methyl sites for hydroxylation is 1. The van der Waals surface area contributed by atoms with Crippen LogP contribution in [0, 0.1) is 13.8 Å². The summed E-state index contributed by atoms with van der Waals surface area (Å²) in [6.45, 7) is 4.91. The molecule has 0 bridgehead atoms. The van der Waals surface area contributed by atoms with Gasteiger partial charge in [-0.05, 0) is 38.5 Å². The minimum atomic E-state index is -0.656. The molecule has 0 aliphatic carbocycles. The number of rotatable bonds is 10. The molecule has 1 aromatic heterocycles. The highest BCUT2D eigenvalue weighted by molar-refractivity contribution is 7.18. The van der Waals surface area contributed by atoms with E-state index < -0.39 is 30.4 Å². The Balaban J connectivity index is 1.92. The van der Waals surface area contributed by atoms with E-state index in [0.717, 1.165) is 16.9 Å². The highest BCUT2D eigenvalue weighted by atomic mass is 32.1. The van der Waals surface area contributed by atoms with Gasteiger partial charge in [0.25, 0.3) is 11.8 Å². The van der Waals surface area contributed by atoms with Gasteiger partial charge in [-0.3, -0.25) is 14.4 Å². The molecule has 9 nitrogen and oxygen atoms in total. The summed E-state index contributed by atoms with van der Waals surface area (Å²) >= 11 is 0.943. The first kappa shape index (κ1) is 24.9. The molecular formula is C22H26N2O7S. The predicted molar refractivity (Wildman–Crippen MR) is 119 cm³/mol. The van der Waals surface area contributed by atoms with Crippen molar-refractivity contribution in [1.29, 1.82) is 0 Å². The number of hydrogen-bond donors (Lipinski definition) is 2. The van der Waals surface area contributed by atoms with Crippen LogP contribution in [-0.4, -0.2) is 50.6 Å². The van der Waals surface area contributed by atoms with Crippen LogP contribution >= 0.6 is 11.3 Å². The normalized spacial score (nSPS) is 10.2. The number of benzene rings is 1. The smallest absolute Gasteiger partial charge is 0.341 e. The van der Waals surface area contributed by atoms with Crippen LogP contribution in [0.4, 0.5) is 5.00 Å². The highest BCUT2D eigenvalue weighted by Crippen LogP contribution is 2.33. The van der Waals surface area contributed by atoms with Crippen LogP contribution < -0.4 is 15.4 Å². The molecule has 1 aromatic carbocycles. The summed E-state index contributed by atoms with van der Waals surface area (Å²) in [6, 6.07) is 7.38. The maximum absolute atomic E-state index is 12.3. The molecule has 0 saturated heterocycles. The van der Waals surface area contributed by atoms with Gasteiger partial charge in [-0.15, -0.1) is 11.3 Å². The lowest BCUT2D eigenvalue weighted by molar-refractivity contribution is -0.147. The minimum absolute atomic E-state index is 0.0336. The van der Waals surface area contributed by atoms with Crippen molar-refractivity contribution in [3.63, 3.8) is 0 Å². The van der Waals surface area contributed by atoms with Crippen molar-refractivity contribution in [2.45, 2.75) is 27.2 Å². The zero-order valence-electron chi connectivity index (χ0n) is 18.4. The van der Waals surface area contributed by atoms with Crippen molar-refractivity contribution in [3.05, 3.63) is 45.8 Å². The van der Waals surface area contributed by atoms with E-state index in [2.05, 4.69) is 10.6 Å². The first-order chi connectivity index (χ1) is 15.3. The lowest BCUT2D eigenvalue weighted by Gasteiger charge is -2.08. The average molecular weight is 463 g/mol. The van der Waals surface area contributed by atoms with Crippen molar-refractivity contribution < 1.29 is 33.4 Å². The number of thiophene rings is 1. The quantitative estimate of drug-likeness (QED) is 0.521. The van der Waals surface area contributed by atoms with Crippen LogP contribution in [0.2, 0.25) is 0 Å². The zero-order valence-corrected chi connectivity index (χ0v) is 19.2. The van der Waals surface area contributed by atoms with Crippen LogP contribution in [0.15, 0.2) is 24.3 Å². The largest absolute Gasteiger partial charge is 0.493 e. The van der Waals surface area contributed by atoms with Crippen LogP contribution in [0.1, 0.15) is 44.5 Å². The van der Waals surface area contributed by atoms with Gasteiger partial charge in [-0.1, -0.05) is 17.7 Å². The number of anilines is 1. The summed E-state index contributed by atoms with van der Waals surface area (Å²) in [7, 11) is 1.46. The molecule has 0 fully saturated rings. The Morgan fingerprint density at radius 2 is 1.72 bits per heavy atom. The van der Waals surface area contributed by atoms with E-state index in [0.29, 0.717) is 11.3 Å². The van der Waals surface area contributed by atoms with E-state index in [-0.39, 0.29) is 35.1 Å². The summed E-state index contributed by atoms with van der Waals surface area (Å²) in [6.07, 6.45) is -0.0336. The second-order valence-corrected chi connectivity index (χ2v) is 7.70. The topological polar surface area (TPSA) is 120 Å². The van der Waals surface area contributed by atoms with Gasteiger partial charge >= 0.3 is 11.9 Å². The van der Waals surface area contributed by atoms with Gasteiger partial charge in [0.2, 0.25) is 0 Å². The van der Waals surface area contributed by atoms with Gasteiger partial charge in [0.1, 0.15) is 10.8 Å². The number of ether oxygens (including phenoxy) is 3. The number of carbonyl (C=O) groups excluding carboxylic acids is 4. The van der Waals surface area contributed by atoms with Crippen LogP contribution in [0.3, 0.4) is 0 Å². The van der Waals surface area contributed by atoms with Crippen LogP contribution in [-0.2, 0) is 19.1 Å². The second kappa shape index (κ2) is 11.8. The second-order valence-electron chi connectivity index (χ2n) is 6.68. The Hall–Kier alpha value is -3.40. The van der Waals surface area contributed by atoms with Crippen molar-refractivity contribution in [2.75, 3.05) is 32.2 Å². The maximum Gasteiger partial charge on any atom is 0.341 e. The average Bonchev–Trinajstić information content (AvgIpc) is 3.09. The van der Waals surface area contributed by atoms with E-state index in [1.54, 1.807) is 26.0 Å². The maximum atomic E-state index is 12.3. The van der Waals surface area contributed by atoms with Gasteiger partial charge in [0.05, 0.1) is 30.1 Å². The Morgan fingerprint density at radius 3 is 2.34 bits per heavy atom. The molecule has 0 saturated carbocycles. The molecule has 2 N–H and O–H groups in total. The monoisotopic (exact) mass is 462 g/mol. The third-order valence-electron chi connectivity index (χ3n) is 4.27. The molecule has 2 rings (SSSR count). The number of esters is 2. The minimum Gasteiger partial charge on any atom is -0.493 e. The summed E-state index contributed by atoms with van der Waals surface area (Å²) in [5.74, 6) is -1.66. The third kappa shape index (κ3) is 6.81. The summed E-state index contributed by atoms with van der Waals surface area (Å²) < 4.78 is 15.5. The molecule has 2 aromatic rings. The van der Waals surface area contributed by atoms with E-state index in [4.69, 9.17) is 14.2 Å². The number of carbonyl (C=O) groups is 4. The van der Waals surface area contributed by atoms with Crippen molar-refractivity contribution in [2.24, 2.45) is 0 Å². The molecule has 1 heterocycles. The Labute approximate surface area is 190 Å². The van der Waals surface area contributed by atoms with Crippen LogP contribution in [0.5, 0.6) is 5.75 Å². The zero-order chi connectivity index (χ0) is 23.7. The predicted octanol–water partition coefficient (Wildman–Crippen LogP) is 2.85. The molecule has 0 aliphatic rings.